The van der Waals surface area contributed by atoms with Crippen LogP contribution in [0, 0.1) is 4.77 Å². The maximum absolute atomic E-state index is 12.8. The zero-order valence-corrected chi connectivity index (χ0v) is 15.5. The molecular formula is C18H25N4O2S+. The van der Waals surface area contributed by atoms with E-state index in [1.807, 2.05) is 14.1 Å². The van der Waals surface area contributed by atoms with E-state index in [2.05, 4.69) is 10.3 Å². The molecule has 1 aromatic heterocycles. The van der Waals surface area contributed by atoms with Crippen molar-refractivity contribution >= 4 is 29.0 Å². The largest absolute Gasteiger partial charge is 0.346 e. The van der Waals surface area contributed by atoms with Crippen molar-refractivity contribution in [3.05, 3.63) is 38.9 Å². The van der Waals surface area contributed by atoms with Crippen molar-refractivity contribution in [2.45, 2.75) is 31.7 Å². The summed E-state index contributed by atoms with van der Waals surface area (Å²) in [5, 5.41) is 3.48. The number of carbonyl (C=O) groups is 1. The Bertz CT molecular complexity index is 894. The van der Waals surface area contributed by atoms with Crippen molar-refractivity contribution in [1.82, 2.24) is 14.9 Å². The lowest BCUT2D eigenvalue weighted by atomic mass is 10.1. The van der Waals surface area contributed by atoms with Gasteiger partial charge in [0.25, 0.3) is 11.5 Å². The number of aromatic nitrogens is 2. The van der Waals surface area contributed by atoms with Gasteiger partial charge in [0.15, 0.2) is 4.77 Å². The van der Waals surface area contributed by atoms with Crippen LogP contribution in [0.5, 0.6) is 0 Å². The van der Waals surface area contributed by atoms with Crippen LogP contribution in [0.1, 0.15) is 42.1 Å². The van der Waals surface area contributed by atoms with E-state index in [9.17, 15) is 9.59 Å². The van der Waals surface area contributed by atoms with Crippen molar-refractivity contribution < 1.29 is 9.69 Å². The number of likely N-dealkylation sites (N-methyl/N-ethyl adjacent to an activating group) is 1. The summed E-state index contributed by atoms with van der Waals surface area (Å²) in [6.07, 6.45) is 4.27. The van der Waals surface area contributed by atoms with Gasteiger partial charge >= 0.3 is 0 Å². The molecule has 1 heterocycles. The SMILES string of the molecule is C[NH+](C)CCNC(=O)c1ccc2c(=O)n(C3CCCC3)c(=S)[nH]c2c1. The summed E-state index contributed by atoms with van der Waals surface area (Å²) < 4.78 is 2.16. The average molecular weight is 361 g/mol. The van der Waals surface area contributed by atoms with E-state index in [1.54, 1.807) is 22.8 Å². The molecule has 6 nitrogen and oxygen atoms in total. The third-order valence-electron chi connectivity index (χ3n) is 4.79. The van der Waals surface area contributed by atoms with Crippen LogP contribution in [-0.4, -0.2) is 42.6 Å². The Morgan fingerprint density at radius 3 is 2.76 bits per heavy atom. The molecule has 0 saturated heterocycles. The molecular weight excluding hydrogens is 336 g/mol. The van der Waals surface area contributed by atoms with E-state index < -0.39 is 0 Å². The highest BCUT2D eigenvalue weighted by Gasteiger charge is 2.20. The van der Waals surface area contributed by atoms with Gasteiger partial charge in [0.2, 0.25) is 0 Å². The first-order chi connectivity index (χ1) is 12.0. The molecule has 1 aliphatic rings. The van der Waals surface area contributed by atoms with Crippen LogP contribution in [-0.2, 0) is 0 Å². The van der Waals surface area contributed by atoms with Gasteiger partial charge in [-0.25, -0.2) is 0 Å². The minimum atomic E-state index is -0.137. The Labute approximate surface area is 151 Å². The quantitative estimate of drug-likeness (QED) is 0.697. The predicted molar refractivity (Wildman–Crippen MR) is 101 cm³/mol. The normalized spacial score (nSPS) is 15.2. The van der Waals surface area contributed by atoms with Gasteiger partial charge in [-0.05, 0) is 43.3 Å². The highest BCUT2D eigenvalue weighted by molar-refractivity contribution is 7.71. The number of quaternary nitrogens is 1. The number of hydrogen-bond acceptors (Lipinski definition) is 3. The molecule has 1 aromatic carbocycles. The third-order valence-corrected chi connectivity index (χ3v) is 5.09. The molecule has 1 saturated carbocycles. The first kappa shape index (κ1) is 17.8. The van der Waals surface area contributed by atoms with Crippen LogP contribution in [0.25, 0.3) is 10.9 Å². The van der Waals surface area contributed by atoms with Gasteiger partial charge in [-0.3, -0.25) is 14.2 Å². The standard InChI is InChI=1S/C18H24N4O2S/c1-21(2)10-9-19-16(23)12-7-8-14-15(11-12)20-18(25)22(17(14)24)13-5-3-4-6-13/h7-8,11,13H,3-6,9-10H2,1-2H3,(H,19,23)(H,20,25)/p+1. The molecule has 0 unspecified atom stereocenters. The number of nitrogens with one attached hydrogen (secondary N) is 3. The summed E-state index contributed by atoms with van der Waals surface area (Å²) >= 11 is 5.42. The Hall–Kier alpha value is -1.99. The second-order valence-corrected chi connectivity index (χ2v) is 7.40. The summed E-state index contributed by atoms with van der Waals surface area (Å²) in [5.74, 6) is -0.137. The molecule has 0 radical (unpaired) electrons. The monoisotopic (exact) mass is 361 g/mol. The second-order valence-electron chi connectivity index (χ2n) is 7.02. The summed E-state index contributed by atoms with van der Waals surface area (Å²) in [5.41, 5.74) is 1.09. The lowest BCUT2D eigenvalue weighted by molar-refractivity contribution is -0.856. The highest BCUT2D eigenvalue weighted by Crippen LogP contribution is 2.28. The number of carbonyl (C=O) groups excluding carboxylic acids is 1. The molecule has 0 bridgehead atoms. The van der Waals surface area contributed by atoms with Crippen molar-refractivity contribution in [3.63, 3.8) is 0 Å². The van der Waals surface area contributed by atoms with E-state index in [0.29, 0.717) is 27.8 Å². The summed E-state index contributed by atoms with van der Waals surface area (Å²) in [6.45, 7) is 1.46. The lowest BCUT2D eigenvalue weighted by Gasteiger charge is -2.15. The van der Waals surface area contributed by atoms with Crippen molar-refractivity contribution in [1.29, 1.82) is 0 Å². The van der Waals surface area contributed by atoms with Crippen LogP contribution in [0.4, 0.5) is 0 Å². The van der Waals surface area contributed by atoms with Gasteiger partial charge in [-0.1, -0.05) is 12.8 Å². The van der Waals surface area contributed by atoms with E-state index in [4.69, 9.17) is 12.2 Å². The van der Waals surface area contributed by atoms with E-state index in [0.717, 1.165) is 32.2 Å². The molecule has 0 spiro atoms. The molecule has 1 fully saturated rings. The maximum atomic E-state index is 12.8. The fourth-order valence-corrected chi connectivity index (χ4v) is 3.74. The van der Waals surface area contributed by atoms with Gasteiger partial charge in [0.1, 0.15) is 0 Å². The van der Waals surface area contributed by atoms with Crippen molar-refractivity contribution in [3.8, 4) is 0 Å². The fraction of sp³-hybridized carbons (Fsp3) is 0.500. The van der Waals surface area contributed by atoms with Gasteiger partial charge in [-0.2, -0.15) is 0 Å². The number of amides is 1. The molecule has 134 valence electrons. The van der Waals surface area contributed by atoms with E-state index in [-0.39, 0.29) is 17.5 Å². The fourth-order valence-electron chi connectivity index (χ4n) is 3.40. The van der Waals surface area contributed by atoms with Crippen molar-refractivity contribution in [2.75, 3.05) is 27.2 Å². The number of aromatic amines is 1. The third kappa shape index (κ3) is 3.82. The topological polar surface area (TPSA) is 71.3 Å². The minimum absolute atomic E-state index is 0.0613. The van der Waals surface area contributed by atoms with Crippen LogP contribution < -0.4 is 15.8 Å². The number of nitrogens with zero attached hydrogens (tertiary/aromatic N) is 1. The Balaban J connectivity index is 1.91. The number of benzene rings is 1. The Morgan fingerprint density at radius 2 is 2.08 bits per heavy atom. The smallest absolute Gasteiger partial charge is 0.262 e. The minimum Gasteiger partial charge on any atom is -0.346 e. The lowest BCUT2D eigenvalue weighted by Crippen LogP contribution is -3.06. The van der Waals surface area contributed by atoms with E-state index >= 15 is 0 Å². The number of H-pyrrole nitrogens is 1. The predicted octanol–water partition coefficient (Wildman–Crippen LogP) is 1.05. The zero-order valence-electron chi connectivity index (χ0n) is 14.7. The maximum Gasteiger partial charge on any atom is 0.262 e. The summed E-state index contributed by atoms with van der Waals surface area (Å²) in [6, 6.07) is 5.33. The first-order valence-electron chi connectivity index (χ1n) is 8.83. The molecule has 0 atom stereocenters. The first-order valence-corrected chi connectivity index (χ1v) is 9.24. The number of hydrogen-bond donors (Lipinski definition) is 3. The molecule has 7 heteroatoms. The number of fused-ring (bicyclic) bond motifs is 1. The van der Waals surface area contributed by atoms with Gasteiger partial charge in [-0.15, -0.1) is 0 Å². The molecule has 1 amide bonds. The van der Waals surface area contributed by atoms with Gasteiger partial charge in [0, 0.05) is 11.6 Å². The van der Waals surface area contributed by atoms with E-state index in [1.165, 1.54) is 4.90 Å². The zero-order chi connectivity index (χ0) is 18.0. The molecule has 3 N–H and O–H groups in total. The van der Waals surface area contributed by atoms with Crippen LogP contribution in [0.3, 0.4) is 0 Å². The van der Waals surface area contributed by atoms with Crippen LogP contribution >= 0.6 is 12.2 Å². The molecule has 2 aromatic rings. The second kappa shape index (κ2) is 7.49. The van der Waals surface area contributed by atoms with Gasteiger partial charge in [0.05, 0.1) is 38.1 Å². The summed E-state index contributed by atoms with van der Waals surface area (Å²) in [7, 11) is 4.08. The van der Waals surface area contributed by atoms with Crippen molar-refractivity contribution in [2.24, 2.45) is 0 Å². The average Bonchev–Trinajstić information content (AvgIpc) is 3.08. The Morgan fingerprint density at radius 1 is 1.36 bits per heavy atom. The molecule has 0 aliphatic heterocycles. The van der Waals surface area contributed by atoms with Gasteiger partial charge < -0.3 is 15.2 Å². The van der Waals surface area contributed by atoms with Crippen LogP contribution in [0.2, 0.25) is 0 Å². The Kier molecular flexibility index (Phi) is 5.34. The molecule has 25 heavy (non-hydrogen) atoms. The van der Waals surface area contributed by atoms with Crippen LogP contribution in [0.15, 0.2) is 23.0 Å². The highest BCUT2D eigenvalue weighted by atomic mass is 32.1. The summed E-state index contributed by atoms with van der Waals surface area (Å²) in [4.78, 5) is 29.5. The molecule has 1 aliphatic carbocycles. The molecule has 3 rings (SSSR count). The number of rotatable bonds is 5.